The summed E-state index contributed by atoms with van der Waals surface area (Å²) in [5, 5.41) is 4.27. The van der Waals surface area contributed by atoms with E-state index in [-0.39, 0.29) is 0 Å². The molecule has 110 valence electrons. The molecule has 0 bridgehead atoms. The predicted molar refractivity (Wildman–Crippen MR) is 86.3 cm³/mol. The van der Waals surface area contributed by atoms with E-state index in [4.69, 9.17) is 10.7 Å². The highest BCUT2D eigenvalue weighted by atomic mass is 32.1. The van der Waals surface area contributed by atoms with Gasteiger partial charge >= 0.3 is 0 Å². The number of aryl methyl sites for hydroxylation is 1. The van der Waals surface area contributed by atoms with Crippen LogP contribution in [0.25, 0.3) is 21.7 Å². The van der Waals surface area contributed by atoms with Gasteiger partial charge in [0.2, 0.25) is 0 Å². The highest BCUT2D eigenvalue weighted by Gasteiger charge is 2.20. The van der Waals surface area contributed by atoms with Crippen LogP contribution in [-0.2, 0) is 13.1 Å². The van der Waals surface area contributed by atoms with Crippen molar-refractivity contribution in [1.82, 2.24) is 19.1 Å². The molecular weight excluding hydrogens is 282 g/mol. The first-order valence-corrected chi connectivity index (χ1v) is 7.94. The van der Waals surface area contributed by atoms with Crippen LogP contribution in [0.2, 0.25) is 0 Å². The van der Waals surface area contributed by atoms with Crippen LogP contribution in [0.15, 0.2) is 18.2 Å². The van der Waals surface area contributed by atoms with Crippen LogP contribution in [0.4, 0.5) is 0 Å². The van der Waals surface area contributed by atoms with Crippen LogP contribution in [0.5, 0.6) is 0 Å². The molecule has 0 unspecified atom stereocenters. The third kappa shape index (κ3) is 2.34. The van der Waals surface area contributed by atoms with Gasteiger partial charge in [0.1, 0.15) is 4.88 Å². The molecule has 0 atom stereocenters. The van der Waals surface area contributed by atoms with Crippen LogP contribution in [-0.4, -0.2) is 19.1 Å². The first-order chi connectivity index (χ1) is 10.2. The molecule has 0 aliphatic rings. The standard InChI is InChI=1S/C15H19N5S/c1-4-20-12-6-5-10(8-16)7-11(12)17-15(20)14-13(9(2)3)18-19-21-14/h5-7,9H,4,8,16H2,1-3H3. The number of nitrogens with zero attached hydrogens (tertiary/aromatic N) is 4. The lowest BCUT2D eigenvalue weighted by molar-refractivity contribution is 0.783. The molecule has 3 rings (SSSR count). The summed E-state index contributed by atoms with van der Waals surface area (Å²) in [5.41, 5.74) is 9.96. The van der Waals surface area contributed by atoms with Crippen molar-refractivity contribution in [2.24, 2.45) is 5.73 Å². The number of imidazole rings is 1. The maximum absolute atomic E-state index is 5.72. The Morgan fingerprint density at radius 2 is 2.14 bits per heavy atom. The number of nitrogens with two attached hydrogens (primary N) is 1. The summed E-state index contributed by atoms with van der Waals surface area (Å²) in [6, 6.07) is 6.23. The third-order valence-electron chi connectivity index (χ3n) is 3.63. The van der Waals surface area contributed by atoms with Gasteiger partial charge in [-0.25, -0.2) is 4.98 Å². The van der Waals surface area contributed by atoms with E-state index >= 15 is 0 Å². The van der Waals surface area contributed by atoms with Crippen molar-refractivity contribution in [3.05, 3.63) is 29.5 Å². The Balaban J connectivity index is 2.24. The van der Waals surface area contributed by atoms with Gasteiger partial charge in [-0.2, -0.15) is 0 Å². The lowest BCUT2D eigenvalue weighted by atomic mass is 10.1. The second-order valence-corrected chi connectivity index (χ2v) is 6.10. The summed E-state index contributed by atoms with van der Waals surface area (Å²) < 4.78 is 6.34. The van der Waals surface area contributed by atoms with Crippen LogP contribution in [0, 0.1) is 0 Å². The summed E-state index contributed by atoms with van der Waals surface area (Å²) in [4.78, 5) is 5.88. The van der Waals surface area contributed by atoms with Gasteiger partial charge in [-0.3, -0.25) is 0 Å². The van der Waals surface area contributed by atoms with E-state index in [0.29, 0.717) is 12.5 Å². The minimum atomic E-state index is 0.337. The average molecular weight is 301 g/mol. The Bertz CT molecular complexity index is 772. The van der Waals surface area contributed by atoms with E-state index in [2.05, 4.69) is 53.1 Å². The summed E-state index contributed by atoms with van der Waals surface area (Å²) in [6.45, 7) is 7.79. The van der Waals surface area contributed by atoms with Crippen molar-refractivity contribution in [1.29, 1.82) is 0 Å². The molecule has 0 aliphatic carbocycles. The van der Waals surface area contributed by atoms with Gasteiger partial charge < -0.3 is 10.3 Å². The second kappa shape index (κ2) is 5.54. The minimum Gasteiger partial charge on any atom is -0.326 e. The smallest absolute Gasteiger partial charge is 0.154 e. The van der Waals surface area contributed by atoms with Crippen LogP contribution in [0.3, 0.4) is 0 Å². The van der Waals surface area contributed by atoms with Gasteiger partial charge in [0.15, 0.2) is 5.82 Å². The molecule has 2 N–H and O–H groups in total. The van der Waals surface area contributed by atoms with E-state index in [1.807, 2.05) is 0 Å². The molecule has 1 aromatic carbocycles. The largest absolute Gasteiger partial charge is 0.326 e. The number of benzene rings is 1. The SMILES string of the molecule is CCn1c(-c2snnc2C(C)C)nc2cc(CN)ccc21. The van der Waals surface area contributed by atoms with Gasteiger partial charge in [0, 0.05) is 13.1 Å². The van der Waals surface area contributed by atoms with Crippen LogP contribution < -0.4 is 5.73 Å². The summed E-state index contributed by atoms with van der Waals surface area (Å²) in [6.07, 6.45) is 0. The number of fused-ring (bicyclic) bond motifs is 1. The lowest BCUT2D eigenvalue weighted by Gasteiger charge is -2.07. The fourth-order valence-electron chi connectivity index (χ4n) is 2.53. The third-order valence-corrected chi connectivity index (χ3v) is 4.37. The number of aromatic nitrogens is 4. The Morgan fingerprint density at radius 3 is 2.81 bits per heavy atom. The fourth-order valence-corrected chi connectivity index (χ4v) is 3.34. The van der Waals surface area contributed by atoms with Gasteiger partial charge in [-0.1, -0.05) is 24.4 Å². The van der Waals surface area contributed by atoms with Crippen molar-refractivity contribution in [3.8, 4) is 10.7 Å². The molecule has 21 heavy (non-hydrogen) atoms. The number of hydrogen-bond acceptors (Lipinski definition) is 5. The zero-order chi connectivity index (χ0) is 15.0. The maximum Gasteiger partial charge on any atom is 0.154 e. The lowest BCUT2D eigenvalue weighted by Crippen LogP contribution is -1.99. The summed E-state index contributed by atoms with van der Waals surface area (Å²) in [5.74, 6) is 1.30. The quantitative estimate of drug-likeness (QED) is 0.803. The highest BCUT2D eigenvalue weighted by molar-refractivity contribution is 7.09. The fraction of sp³-hybridized carbons (Fsp3) is 0.400. The first kappa shape index (κ1) is 14.2. The summed E-state index contributed by atoms with van der Waals surface area (Å²) >= 11 is 1.42. The van der Waals surface area contributed by atoms with Gasteiger partial charge in [0.25, 0.3) is 0 Å². The van der Waals surface area contributed by atoms with Crippen molar-refractivity contribution < 1.29 is 0 Å². The molecule has 2 aromatic heterocycles. The molecule has 2 heterocycles. The van der Waals surface area contributed by atoms with Gasteiger partial charge in [-0.15, -0.1) is 5.10 Å². The van der Waals surface area contributed by atoms with Gasteiger partial charge in [0.05, 0.1) is 16.7 Å². The molecule has 0 aliphatic heterocycles. The molecule has 0 saturated carbocycles. The van der Waals surface area contributed by atoms with Crippen molar-refractivity contribution in [2.75, 3.05) is 0 Å². The topological polar surface area (TPSA) is 69.6 Å². The first-order valence-electron chi connectivity index (χ1n) is 7.17. The molecule has 0 spiro atoms. The number of hydrogen-bond donors (Lipinski definition) is 1. The molecule has 5 nitrogen and oxygen atoms in total. The Labute approximate surface area is 128 Å². The normalized spacial score (nSPS) is 11.7. The Kier molecular flexibility index (Phi) is 3.73. The highest BCUT2D eigenvalue weighted by Crippen LogP contribution is 2.32. The van der Waals surface area contributed by atoms with E-state index in [1.54, 1.807) is 0 Å². The second-order valence-electron chi connectivity index (χ2n) is 5.35. The minimum absolute atomic E-state index is 0.337. The Hall–Kier alpha value is -1.79. The molecule has 6 heteroatoms. The molecule has 0 radical (unpaired) electrons. The number of rotatable bonds is 4. The molecule has 3 aromatic rings. The van der Waals surface area contributed by atoms with Crippen LogP contribution in [0.1, 0.15) is 37.9 Å². The van der Waals surface area contributed by atoms with E-state index in [1.165, 1.54) is 11.5 Å². The van der Waals surface area contributed by atoms with Crippen molar-refractivity contribution >= 4 is 22.6 Å². The molecular formula is C15H19N5S. The van der Waals surface area contributed by atoms with Crippen LogP contribution >= 0.6 is 11.5 Å². The van der Waals surface area contributed by atoms with E-state index in [9.17, 15) is 0 Å². The molecule has 0 saturated heterocycles. The monoisotopic (exact) mass is 301 g/mol. The van der Waals surface area contributed by atoms with Crippen molar-refractivity contribution in [3.63, 3.8) is 0 Å². The zero-order valence-corrected chi connectivity index (χ0v) is 13.3. The van der Waals surface area contributed by atoms with E-state index in [0.717, 1.165) is 39.5 Å². The summed E-state index contributed by atoms with van der Waals surface area (Å²) in [7, 11) is 0. The Morgan fingerprint density at radius 1 is 1.33 bits per heavy atom. The average Bonchev–Trinajstić information content (AvgIpc) is 3.09. The maximum atomic E-state index is 5.72. The zero-order valence-electron chi connectivity index (χ0n) is 12.5. The van der Waals surface area contributed by atoms with Gasteiger partial charge in [-0.05, 0) is 42.1 Å². The van der Waals surface area contributed by atoms with Crippen molar-refractivity contribution in [2.45, 2.75) is 39.8 Å². The molecule has 0 fully saturated rings. The molecule has 0 amide bonds. The predicted octanol–water partition coefficient (Wildman–Crippen LogP) is 3.16. The van der Waals surface area contributed by atoms with E-state index < -0.39 is 0 Å².